The molecule has 0 saturated carbocycles. The van der Waals surface area contributed by atoms with Crippen molar-refractivity contribution in [2.75, 3.05) is 32.8 Å². The molecule has 0 atom stereocenters. The molecule has 1 fully saturated rings. The third-order valence-corrected chi connectivity index (χ3v) is 4.28. The Morgan fingerprint density at radius 1 is 1.11 bits per heavy atom. The molecule has 3 rings (SSSR count). The van der Waals surface area contributed by atoms with Crippen LogP contribution in [-0.4, -0.2) is 43.7 Å². The molecule has 0 bridgehead atoms. The fourth-order valence-corrected chi connectivity index (χ4v) is 2.94. The van der Waals surface area contributed by atoms with Gasteiger partial charge < -0.3 is 19.8 Å². The minimum atomic E-state index is 0. The van der Waals surface area contributed by atoms with Crippen molar-refractivity contribution in [2.45, 2.75) is 26.6 Å². The fraction of sp³-hybridized carbons (Fsp3) is 0.450. The summed E-state index contributed by atoms with van der Waals surface area (Å²) in [4.78, 5) is 7.12. The minimum absolute atomic E-state index is 0. The summed E-state index contributed by atoms with van der Waals surface area (Å²) in [6.45, 7) is 8.79. The second-order valence-corrected chi connectivity index (χ2v) is 6.34. The number of halogens is 1. The van der Waals surface area contributed by atoms with E-state index < -0.39 is 0 Å². The largest absolute Gasteiger partial charge is 0.467 e. The quantitative estimate of drug-likeness (QED) is 0.360. The SMILES string of the molecule is CCNC(=NCc1cccc(CN2CCOCC2)c1)NCc1ccco1.I. The first-order valence-electron chi connectivity index (χ1n) is 9.26. The van der Waals surface area contributed by atoms with E-state index in [1.54, 1.807) is 6.26 Å². The van der Waals surface area contributed by atoms with Crippen LogP contribution in [-0.2, 0) is 24.4 Å². The van der Waals surface area contributed by atoms with E-state index in [4.69, 9.17) is 14.1 Å². The Hall–Kier alpha value is -1.58. The van der Waals surface area contributed by atoms with Crippen molar-refractivity contribution in [3.05, 3.63) is 59.5 Å². The zero-order chi connectivity index (χ0) is 18.0. The molecule has 2 aromatic rings. The molecule has 2 heterocycles. The van der Waals surface area contributed by atoms with Crippen LogP contribution in [0.2, 0.25) is 0 Å². The highest BCUT2D eigenvalue weighted by molar-refractivity contribution is 14.0. The van der Waals surface area contributed by atoms with Crippen LogP contribution in [0.5, 0.6) is 0 Å². The Morgan fingerprint density at radius 2 is 1.93 bits per heavy atom. The molecular formula is C20H29IN4O2. The van der Waals surface area contributed by atoms with Crippen molar-refractivity contribution in [2.24, 2.45) is 4.99 Å². The molecule has 0 spiro atoms. The molecule has 27 heavy (non-hydrogen) atoms. The molecule has 0 aliphatic carbocycles. The van der Waals surface area contributed by atoms with Gasteiger partial charge in [0.25, 0.3) is 0 Å². The number of guanidine groups is 1. The van der Waals surface area contributed by atoms with Crippen LogP contribution < -0.4 is 10.6 Å². The molecule has 1 aromatic heterocycles. The van der Waals surface area contributed by atoms with E-state index in [1.165, 1.54) is 11.1 Å². The molecular weight excluding hydrogens is 455 g/mol. The molecule has 1 aromatic carbocycles. The smallest absolute Gasteiger partial charge is 0.191 e. The van der Waals surface area contributed by atoms with Gasteiger partial charge in [0.15, 0.2) is 5.96 Å². The van der Waals surface area contributed by atoms with E-state index in [0.717, 1.165) is 51.1 Å². The van der Waals surface area contributed by atoms with E-state index >= 15 is 0 Å². The summed E-state index contributed by atoms with van der Waals surface area (Å²) < 4.78 is 10.8. The van der Waals surface area contributed by atoms with Gasteiger partial charge in [-0.1, -0.05) is 24.3 Å². The second-order valence-electron chi connectivity index (χ2n) is 6.34. The predicted molar refractivity (Wildman–Crippen MR) is 118 cm³/mol. The van der Waals surface area contributed by atoms with Crippen molar-refractivity contribution in [3.63, 3.8) is 0 Å². The summed E-state index contributed by atoms with van der Waals surface area (Å²) in [6.07, 6.45) is 1.68. The van der Waals surface area contributed by atoms with Crippen LogP contribution >= 0.6 is 24.0 Å². The highest BCUT2D eigenvalue weighted by Crippen LogP contribution is 2.11. The minimum Gasteiger partial charge on any atom is -0.467 e. The number of hydrogen-bond donors (Lipinski definition) is 2. The summed E-state index contributed by atoms with van der Waals surface area (Å²) in [5.41, 5.74) is 2.54. The average Bonchev–Trinajstić information content (AvgIpc) is 3.19. The summed E-state index contributed by atoms with van der Waals surface area (Å²) in [6, 6.07) is 12.5. The van der Waals surface area contributed by atoms with Crippen LogP contribution in [0.1, 0.15) is 23.8 Å². The molecule has 1 saturated heterocycles. The third kappa shape index (κ3) is 7.51. The summed E-state index contributed by atoms with van der Waals surface area (Å²) in [5, 5.41) is 6.57. The van der Waals surface area contributed by atoms with Crippen molar-refractivity contribution in [1.29, 1.82) is 0 Å². The van der Waals surface area contributed by atoms with Gasteiger partial charge in [0.05, 0.1) is 32.6 Å². The first-order chi connectivity index (χ1) is 12.8. The monoisotopic (exact) mass is 484 g/mol. The highest BCUT2D eigenvalue weighted by Gasteiger charge is 2.10. The van der Waals surface area contributed by atoms with E-state index in [-0.39, 0.29) is 24.0 Å². The summed E-state index contributed by atoms with van der Waals surface area (Å²) in [5.74, 6) is 1.69. The molecule has 7 heteroatoms. The van der Waals surface area contributed by atoms with Crippen molar-refractivity contribution >= 4 is 29.9 Å². The number of ether oxygens (including phenoxy) is 1. The van der Waals surface area contributed by atoms with Crippen LogP contribution in [0.3, 0.4) is 0 Å². The lowest BCUT2D eigenvalue weighted by Gasteiger charge is -2.26. The number of benzene rings is 1. The standard InChI is InChI=1S/C20H28N4O2.HI/c1-2-21-20(23-15-19-7-4-10-26-19)22-14-17-5-3-6-18(13-17)16-24-8-11-25-12-9-24;/h3-7,10,13H,2,8-9,11-12,14-16H2,1H3,(H2,21,22,23);1H. The van der Waals surface area contributed by atoms with Gasteiger partial charge in [0, 0.05) is 26.2 Å². The Bertz CT molecular complexity index is 685. The van der Waals surface area contributed by atoms with E-state index in [0.29, 0.717) is 13.1 Å². The topological polar surface area (TPSA) is 62.0 Å². The third-order valence-electron chi connectivity index (χ3n) is 4.28. The molecule has 0 radical (unpaired) electrons. The molecule has 0 unspecified atom stereocenters. The number of nitrogens with zero attached hydrogens (tertiary/aromatic N) is 2. The van der Waals surface area contributed by atoms with Crippen LogP contribution in [0.4, 0.5) is 0 Å². The number of aliphatic imine (C=N–C) groups is 1. The van der Waals surface area contributed by atoms with Gasteiger partial charge in [-0.05, 0) is 30.2 Å². The van der Waals surface area contributed by atoms with Crippen molar-refractivity contribution < 1.29 is 9.15 Å². The summed E-state index contributed by atoms with van der Waals surface area (Å²) >= 11 is 0. The predicted octanol–water partition coefficient (Wildman–Crippen LogP) is 2.99. The Morgan fingerprint density at radius 3 is 2.67 bits per heavy atom. The first-order valence-corrected chi connectivity index (χ1v) is 9.26. The molecule has 2 N–H and O–H groups in total. The normalized spacial score (nSPS) is 15.2. The van der Waals surface area contributed by atoms with Gasteiger partial charge in [-0.3, -0.25) is 4.90 Å². The number of rotatable bonds is 7. The van der Waals surface area contributed by atoms with Gasteiger partial charge >= 0.3 is 0 Å². The zero-order valence-electron chi connectivity index (χ0n) is 15.8. The van der Waals surface area contributed by atoms with Gasteiger partial charge in [-0.15, -0.1) is 24.0 Å². The van der Waals surface area contributed by atoms with E-state index in [9.17, 15) is 0 Å². The fourth-order valence-electron chi connectivity index (χ4n) is 2.94. The lowest BCUT2D eigenvalue weighted by atomic mass is 10.1. The molecule has 1 aliphatic heterocycles. The number of morpholine rings is 1. The van der Waals surface area contributed by atoms with Crippen molar-refractivity contribution in [1.82, 2.24) is 15.5 Å². The van der Waals surface area contributed by atoms with Gasteiger partial charge in [0.2, 0.25) is 0 Å². The number of furan rings is 1. The Labute approximate surface area is 178 Å². The maximum Gasteiger partial charge on any atom is 0.191 e. The average molecular weight is 484 g/mol. The molecule has 1 aliphatic rings. The van der Waals surface area contributed by atoms with Crippen LogP contribution in [0.15, 0.2) is 52.1 Å². The maximum absolute atomic E-state index is 5.42. The zero-order valence-corrected chi connectivity index (χ0v) is 18.1. The van der Waals surface area contributed by atoms with Crippen LogP contribution in [0, 0.1) is 0 Å². The summed E-state index contributed by atoms with van der Waals surface area (Å²) in [7, 11) is 0. The Balaban J connectivity index is 0.00000261. The Kier molecular flexibility index (Phi) is 9.65. The molecule has 148 valence electrons. The van der Waals surface area contributed by atoms with Gasteiger partial charge in [-0.25, -0.2) is 4.99 Å². The van der Waals surface area contributed by atoms with Gasteiger partial charge in [0.1, 0.15) is 5.76 Å². The lowest BCUT2D eigenvalue weighted by Crippen LogP contribution is -2.36. The van der Waals surface area contributed by atoms with Crippen LogP contribution in [0.25, 0.3) is 0 Å². The second kappa shape index (κ2) is 12.0. The van der Waals surface area contributed by atoms with Gasteiger partial charge in [-0.2, -0.15) is 0 Å². The first kappa shape index (κ1) is 21.7. The molecule has 6 nitrogen and oxygen atoms in total. The van der Waals surface area contributed by atoms with Crippen molar-refractivity contribution in [3.8, 4) is 0 Å². The maximum atomic E-state index is 5.42. The number of hydrogen-bond acceptors (Lipinski definition) is 4. The molecule has 0 amide bonds. The number of nitrogens with one attached hydrogen (secondary N) is 2. The van der Waals surface area contributed by atoms with E-state index in [1.807, 2.05) is 12.1 Å². The lowest BCUT2D eigenvalue weighted by molar-refractivity contribution is 0.0342. The van der Waals surface area contributed by atoms with E-state index in [2.05, 4.69) is 46.7 Å². The highest BCUT2D eigenvalue weighted by atomic mass is 127.